The molecule has 0 radical (unpaired) electrons. The predicted molar refractivity (Wildman–Crippen MR) is 127 cm³/mol. The maximum atomic E-state index is 12.5. The molecule has 0 aromatic heterocycles. The average molecular weight is 427 g/mol. The van der Waals surface area contributed by atoms with Gasteiger partial charge in [-0.05, 0) is 62.2 Å². The summed E-state index contributed by atoms with van der Waals surface area (Å²) in [6, 6.07) is 21.0. The zero-order chi connectivity index (χ0) is 23.1. The minimum absolute atomic E-state index is 0.00321. The summed E-state index contributed by atoms with van der Waals surface area (Å²) >= 11 is 0. The Morgan fingerprint density at radius 3 is 2.25 bits per heavy atom. The van der Waals surface area contributed by atoms with Crippen LogP contribution in [-0.2, 0) is 11.4 Å². The molecule has 0 fully saturated rings. The molecule has 0 saturated heterocycles. The molecule has 5 nitrogen and oxygen atoms in total. The number of ether oxygens (including phenoxy) is 2. The van der Waals surface area contributed by atoms with Crippen LogP contribution in [0.15, 0.2) is 66.2 Å². The van der Waals surface area contributed by atoms with Crippen molar-refractivity contribution in [1.29, 1.82) is 5.26 Å². The van der Waals surface area contributed by atoms with Crippen molar-refractivity contribution in [1.82, 2.24) is 0 Å². The van der Waals surface area contributed by atoms with Crippen molar-refractivity contribution in [2.75, 3.05) is 12.4 Å². The number of carbonyl (C=O) groups excluding carboxylic acids is 1. The van der Waals surface area contributed by atoms with E-state index in [9.17, 15) is 10.1 Å². The monoisotopic (exact) mass is 426 g/mol. The van der Waals surface area contributed by atoms with E-state index in [4.69, 9.17) is 9.47 Å². The Bertz CT molecular complexity index is 1170. The van der Waals surface area contributed by atoms with E-state index < -0.39 is 5.91 Å². The fourth-order valence-electron chi connectivity index (χ4n) is 3.36. The molecule has 0 atom stereocenters. The van der Waals surface area contributed by atoms with Crippen LogP contribution in [-0.4, -0.2) is 13.0 Å². The number of hydrogen-bond donors (Lipinski definition) is 1. The average Bonchev–Trinajstić information content (AvgIpc) is 2.77. The molecule has 32 heavy (non-hydrogen) atoms. The van der Waals surface area contributed by atoms with Gasteiger partial charge in [0.25, 0.3) is 5.91 Å². The van der Waals surface area contributed by atoms with Crippen LogP contribution in [0.2, 0.25) is 0 Å². The van der Waals surface area contributed by atoms with E-state index >= 15 is 0 Å². The number of nitrogens with zero attached hydrogens (tertiary/aromatic N) is 1. The lowest BCUT2D eigenvalue weighted by Gasteiger charge is -2.12. The van der Waals surface area contributed by atoms with Crippen LogP contribution in [0.4, 0.5) is 5.69 Å². The minimum atomic E-state index is -0.467. The van der Waals surface area contributed by atoms with Gasteiger partial charge in [-0.1, -0.05) is 53.1 Å². The highest BCUT2D eigenvalue weighted by atomic mass is 16.5. The minimum Gasteiger partial charge on any atom is -0.493 e. The van der Waals surface area contributed by atoms with Crippen LogP contribution >= 0.6 is 0 Å². The smallest absolute Gasteiger partial charge is 0.266 e. The summed E-state index contributed by atoms with van der Waals surface area (Å²) in [7, 11) is 1.56. The van der Waals surface area contributed by atoms with Gasteiger partial charge in [0, 0.05) is 5.69 Å². The summed E-state index contributed by atoms with van der Waals surface area (Å²) in [6.07, 6.45) is 1.53. The number of nitriles is 1. The Labute approximate surface area is 188 Å². The van der Waals surface area contributed by atoms with Crippen molar-refractivity contribution in [3.63, 3.8) is 0 Å². The van der Waals surface area contributed by atoms with Gasteiger partial charge in [0.05, 0.1) is 7.11 Å². The molecule has 0 spiro atoms. The third kappa shape index (κ3) is 5.99. The van der Waals surface area contributed by atoms with Crippen molar-refractivity contribution in [3.05, 3.63) is 94.1 Å². The normalized spacial score (nSPS) is 10.9. The molecule has 1 amide bonds. The first-order chi connectivity index (χ1) is 15.4. The van der Waals surface area contributed by atoms with Crippen LogP contribution < -0.4 is 14.8 Å². The first-order valence-electron chi connectivity index (χ1n) is 10.3. The van der Waals surface area contributed by atoms with Crippen molar-refractivity contribution in [2.45, 2.75) is 27.4 Å². The maximum Gasteiger partial charge on any atom is 0.266 e. The zero-order valence-electron chi connectivity index (χ0n) is 18.7. The molecule has 1 N–H and O–H groups in total. The SMILES string of the molecule is COc1cc(/C=C(\C#N)C(=O)Nc2ccc(C)cc2)ccc1OCc1cc(C)cc(C)c1. The molecule has 0 aliphatic rings. The largest absolute Gasteiger partial charge is 0.493 e. The number of benzene rings is 3. The molecule has 0 saturated carbocycles. The Balaban J connectivity index is 1.75. The molecule has 0 bridgehead atoms. The molecule has 162 valence electrons. The quantitative estimate of drug-likeness (QED) is 0.386. The first kappa shape index (κ1) is 22.6. The van der Waals surface area contributed by atoms with E-state index in [-0.39, 0.29) is 5.57 Å². The van der Waals surface area contributed by atoms with Gasteiger partial charge in [-0.3, -0.25) is 4.79 Å². The van der Waals surface area contributed by atoms with Crippen molar-refractivity contribution in [2.24, 2.45) is 0 Å². The van der Waals surface area contributed by atoms with Crippen LogP contribution in [0.1, 0.15) is 27.8 Å². The highest BCUT2D eigenvalue weighted by Gasteiger charge is 2.11. The Hall–Kier alpha value is -4.04. The van der Waals surface area contributed by atoms with E-state index in [0.29, 0.717) is 29.4 Å². The third-order valence-corrected chi connectivity index (χ3v) is 4.85. The second-order valence-electron chi connectivity index (χ2n) is 7.68. The maximum absolute atomic E-state index is 12.5. The standard InChI is InChI=1S/C27H26N2O3/c1-18-5-8-24(9-6-18)29-27(30)23(16-28)14-21-7-10-25(26(15-21)31-4)32-17-22-12-19(2)11-20(3)13-22/h5-15H,17H2,1-4H3,(H,29,30)/b23-14+. The van der Waals surface area contributed by atoms with Crippen LogP contribution in [0.25, 0.3) is 6.08 Å². The number of hydrogen-bond acceptors (Lipinski definition) is 4. The molecular formula is C27H26N2O3. The lowest BCUT2D eigenvalue weighted by atomic mass is 10.1. The second-order valence-corrected chi connectivity index (χ2v) is 7.68. The first-order valence-corrected chi connectivity index (χ1v) is 10.3. The van der Waals surface area contributed by atoms with Crippen LogP contribution in [0.5, 0.6) is 11.5 Å². The van der Waals surface area contributed by atoms with Crippen LogP contribution in [0, 0.1) is 32.1 Å². The van der Waals surface area contributed by atoms with Gasteiger partial charge in [0.15, 0.2) is 11.5 Å². The van der Waals surface area contributed by atoms with Gasteiger partial charge in [-0.15, -0.1) is 0 Å². The van der Waals surface area contributed by atoms with Gasteiger partial charge < -0.3 is 14.8 Å². The molecule has 0 heterocycles. The summed E-state index contributed by atoms with van der Waals surface area (Å²) in [6.45, 7) is 6.49. The lowest BCUT2D eigenvalue weighted by molar-refractivity contribution is -0.112. The van der Waals surface area contributed by atoms with Crippen molar-refractivity contribution < 1.29 is 14.3 Å². The molecule has 3 aromatic carbocycles. The number of anilines is 1. The van der Waals surface area contributed by atoms with E-state index in [1.54, 1.807) is 37.4 Å². The fraction of sp³-hybridized carbons (Fsp3) is 0.185. The van der Waals surface area contributed by atoms with Crippen molar-refractivity contribution in [3.8, 4) is 17.6 Å². The Morgan fingerprint density at radius 1 is 0.938 bits per heavy atom. The summed E-state index contributed by atoms with van der Waals surface area (Å²) < 4.78 is 11.4. The van der Waals surface area contributed by atoms with Gasteiger partial charge in [0.1, 0.15) is 18.2 Å². The summed E-state index contributed by atoms with van der Waals surface area (Å²) in [5.74, 6) is 0.649. The number of amides is 1. The lowest BCUT2D eigenvalue weighted by Crippen LogP contribution is -2.13. The van der Waals surface area contributed by atoms with Gasteiger partial charge in [-0.25, -0.2) is 0 Å². The highest BCUT2D eigenvalue weighted by molar-refractivity contribution is 6.09. The molecule has 0 aliphatic heterocycles. The fourth-order valence-corrected chi connectivity index (χ4v) is 3.36. The third-order valence-electron chi connectivity index (χ3n) is 4.85. The van der Waals surface area contributed by atoms with Gasteiger partial charge in [0.2, 0.25) is 0 Å². The molecule has 3 rings (SSSR count). The van der Waals surface area contributed by atoms with E-state index in [0.717, 1.165) is 11.1 Å². The topological polar surface area (TPSA) is 71.3 Å². The molecular weight excluding hydrogens is 400 g/mol. The zero-order valence-corrected chi connectivity index (χ0v) is 18.7. The van der Waals surface area contributed by atoms with Crippen LogP contribution in [0.3, 0.4) is 0 Å². The predicted octanol–water partition coefficient (Wildman–Crippen LogP) is 5.75. The number of aryl methyl sites for hydroxylation is 3. The van der Waals surface area contributed by atoms with E-state index in [1.807, 2.05) is 25.1 Å². The Kier molecular flexibility index (Phi) is 7.30. The number of carbonyl (C=O) groups is 1. The summed E-state index contributed by atoms with van der Waals surface area (Å²) in [4.78, 5) is 12.5. The summed E-state index contributed by atoms with van der Waals surface area (Å²) in [5.41, 5.74) is 5.83. The molecule has 0 aliphatic carbocycles. The van der Waals surface area contributed by atoms with Gasteiger partial charge in [-0.2, -0.15) is 5.26 Å². The van der Waals surface area contributed by atoms with Crippen molar-refractivity contribution >= 4 is 17.7 Å². The number of nitrogens with one attached hydrogen (secondary N) is 1. The second kappa shape index (κ2) is 10.3. The van der Waals surface area contributed by atoms with E-state index in [2.05, 4.69) is 37.4 Å². The number of rotatable bonds is 7. The van der Waals surface area contributed by atoms with E-state index in [1.165, 1.54) is 17.2 Å². The van der Waals surface area contributed by atoms with Gasteiger partial charge >= 0.3 is 0 Å². The molecule has 5 heteroatoms. The molecule has 0 unspecified atom stereocenters. The summed E-state index contributed by atoms with van der Waals surface area (Å²) in [5, 5.41) is 12.2. The molecule has 3 aromatic rings. The Morgan fingerprint density at radius 2 is 1.62 bits per heavy atom. The number of methoxy groups -OCH3 is 1. The highest BCUT2D eigenvalue weighted by Crippen LogP contribution is 2.30.